The standard InChI is InChI=1S/C22H18ClN5OS2/c1-15-7-12-19(31-15)13-24-25-20(29)14-30-22-27-26-21(16-5-3-2-4-6-16)28(22)18-10-8-17(23)9-11-18/h2-13H,14H2,1H3,(H,25,29). The summed E-state index contributed by atoms with van der Waals surface area (Å²) in [6, 6.07) is 21.2. The first kappa shape index (κ1) is 21.3. The van der Waals surface area contributed by atoms with E-state index in [0.717, 1.165) is 16.1 Å². The fraction of sp³-hybridized carbons (Fsp3) is 0.0909. The van der Waals surface area contributed by atoms with E-state index in [1.165, 1.54) is 16.6 Å². The number of amides is 1. The molecule has 0 spiro atoms. The molecule has 2 aromatic heterocycles. The number of carbonyl (C=O) groups is 1. The van der Waals surface area contributed by atoms with Crippen molar-refractivity contribution in [3.05, 3.63) is 81.5 Å². The van der Waals surface area contributed by atoms with Crippen LogP contribution in [0.1, 0.15) is 9.75 Å². The van der Waals surface area contributed by atoms with Crippen molar-refractivity contribution < 1.29 is 4.79 Å². The average molecular weight is 468 g/mol. The van der Waals surface area contributed by atoms with Crippen molar-refractivity contribution in [2.45, 2.75) is 12.1 Å². The van der Waals surface area contributed by atoms with E-state index >= 15 is 0 Å². The van der Waals surface area contributed by atoms with Gasteiger partial charge in [0.2, 0.25) is 0 Å². The number of hydrogen-bond acceptors (Lipinski definition) is 6. The molecule has 0 unspecified atom stereocenters. The van der Waals surface area contributed by atoms with Gasteiger partial charge in [-0.05, 0) is 43.3 Å². The number of hydrogen-bond donors (Lipinski definition) is 1. The number of aromatic nitrogens is 3. The van der Waals surface area contributed by atoms with Gasteiger partial charge in [-0.2, -0.15) is 5.10 Å². The number of aryl methyl sites for hydroxylation is 1. The summed E-state index contributed by atoms with van der Waals surface area (Å²) < 4.78 is 1.92. The van der Waals surface area contributed by atoms with Gasteiger partial charge in [0.15, 0.2) is 11.0 Å². The predicted octanol–water partition coefficient (Wildman–Crippen LogP) is 5.20. The van der Waals surface area contributed by atoms with Gasteiger partial charge >= 0.3 is 0 Å². The van der Waals surface area contributed by atoms with Crippen LogP contribution in [0, 0.1) is 6.92 Å². The normalized spacial score (nSPS) is 11.2. The first-order valence-corrected chi connectivity index (χ1v) is 11.6. The molecule has 0 radical (unpaired) electrons. The van der Waals surface area contributed by atoms with Crippen LogP contribution in [0.25, 0.3) is 17.1 Å². The van der Waals surface area contributed by atoms with Gasteiger partial charge in [-0.25, -0.2) is 5.43 Å². The molecule has 0 aliphatic heterocycles. The molecule has 4 rings (SSSR count). The molecule has 0 bridgehead atoms. The molecular formula is C22H18ClN5OS2. The predicted molar refractivity (Wildman–Crippen MR) is 127 cm³/mol. The molecule has 31 heavy (non-hydrogen) atoms. The summed E-state index contributed by atoms with van der Waals surface area (Å²) in [5.41, 5.74) is 4.35. The maximum Gasteiger partial charge on any atom is 0.250 e. The number of benzene rings is 2. The van der Waals surface area contributed by atoms with Crippen molar-refractivity contribution >= 4 is 46.8 Å². The van der Waals surface area contributed by atoms with Gasteiger partial charge in [0.25, 0.3) is 5.91 Å². The molecule has 1 N–H and O–H groups in total. The van der Waals surface area contributed by atoms with E-state index in [0.29, 0.717) is 16.0 Å². The molecule has 2 aromatic carbocycles. The molecule has 2 heterocycles. The van der Waals surface area contributed by atoms with Crippen LogP contribution in [0.3, 0.4) is 0 Å². The molecule has 156 valence electrons. The maximum atomic E-state index is 12.3. The molecule has 0 fully saturated rings. The van der Waals surface area contributed by atoms with E-state index < -0.39 is 0 Å². The van der Waals surface area contributed by atoms with Crippen LogP contribution < -0.4 is 5.43 Å². The number of nitrogens with one attached hydrogen (secondary N) is 1. The molecule has 0 saturated heterocycles. The minimum absolute atomic E-state index is 0.154. The maximum absolute atomic E-state index is 12.3. The zero-order valence-electron chi connectivity index (χ0n) is 16.5. The number of halogens is 1. The lowest BCUT2D eigenvalue weighted by Crippen LogP contribution is -2.19. The number of thioether (sulfide) groups is 1. The Hall–Kier alpha value is -2.94. The van der Waals surface area contributed by atoms with E-state index in [1.807, 2.05) is 78.2 Å². The third-order valence-corrected chi connectivity index (χ3v) is 6.34. The Morgan fingerprint density at radius 1 is 1.13 bits per heavy atom. The van der Waals surface area contributed by atoms with Crippen molar-refractivity contribution in [2.24, 2.45) is 5.10 Å². The minimum atomic E-state index is -0.221. The van der Waals surface area contributed by atoms with Crippen molar-refractivity contribution in [3.8, 4) is 17.1 Å². The van der Waals surface area contributed by atoms with Crippen LogP contribution in [-0.4, -0.2) is 32.6 Å². The fourth-order valence-corrected chi connectivity index (χ4v) is 4.43. The molecule has 4 aromatic rings. The topological polar surface area (TPSA) is 72.2 Å². The average Bonchev–Trinajstić information content (AvgIpc) is 3.39. The summed E-state index contributed by atoms with van der Waals surface area (Å²) in [6.07, 6.45) is 1.64. The van der Waals surface area contributed by atoms with Crippen molar-refractivity contribution in [2.75, 3.05) is 5.75 Å². The number of thiophene rings is 1. The first-order valence-electron chi connectivity index (χ1n) is 9.38. The molecule has 9 heteroatoms. The largest absolute Gasteiger partial charge is 0.272 e. The van der Waals surface area contributed by atoms with Crippen LogP contribution in [-0.2, 0) is 4.79 Å². The molecule has 0 saturated carbocycles. The minimum Gasteiger partial charge on any atom is -0.272 e. The van der Waals surface area contributed by atoms with Gasteiger partial charge in [0.05, 0.1) is 12.0 Å². The summed E-state index contributed by atoms with van der Waals surface area (Å²) in [4.78, 5) is 14.4. The smallest absolute Gasteiger partial charge is 0.250 e. The van der Waals surface area contributed by atoms with E-state index in [1.54, 1.807) is 17.6 Å². The Balaban J connectivity index is 1.51. The van der Waals surface area contributed by atoms with Gasteiger partial charge in [-0.1, -0.05) is 53.7 Å². The number of hydrazone groups is 1. The summed E-state index contributed by atoms with van der Waals surface area (Å²) in [7, 11) is 0. The summed E-state index contributed by atoms with van der Waals surface area (Å²) in [5, 5.41) is 14.0. The van der Waals surface area contributed by atoms with Crippen molar-refractivity contribution in [1.29, 1.82) is 0 Å². The summed E-state index contributed by atoms with van der Waals surface area (Å²) in [5.74, 6) is 0.625. The molecular weight excluding hydrogens is 450 g/mol. The Bertz CT molecular complexity index is 1200. The highest BCUT2D eigenvalue weighted by atomic mass is 35.5. The van der Waals surface area contributed by atoms with Crippen LogP contribution in [0.15, 0.2) is 77.0 Å². The number of carbonyl (C=O) groups excluding carboxylic acids is 1. The molecule has 0 aliphatic rings. The van der Waals surface area contributed by atoms with Crippen LogP contribution in [0.5, 0.6) is 0 Å². The van der Waals surface area contributed by atoms with Crippen molar-refractivity contribution in [1.82, 2.24) is 20.2 Å². The van der Waals surface area contributed by atoms with E-state index in [-0.39, 0.29) is 11.7 Å². The Morgan fingerprint density at radius 2 is 1.90 bits per heavy atom. The first-order chi connectivity index (χ1) is 15.1. The SMILES string of the molecule is Cc1ccc(C=NNC(=O)CSc2nnc(-c3ccccc3)n2-c2ccc(Cl)cc2)s1. The van der Waals surface area contributed by atoms with E-state index in [4.69, 9.17) is 11.6 Å². The Labute approximate surface area is 193 Å². The fourth-order valence-electron chi connectivity index (χ4n) is 2.81. The van der Waals surface area contributed by atoms with Gasteiger partial charge in [-0.3, -0.25) is 9.36 Å². The summed E-state index contributed by atoms with van der Waals surface area (Å²) in [6.45, 7) is 2.03. The van der Waals surface area contributed by atoms with E-state index in [2.05, 4.69) is 20.7 Å². The molecule has 0 atom stereocenters. The molecule has 1 amide bonds. The second-order valence-electron chi connectivity index (χ2n) is 6.51. The van der Waals surface area contributed by atoms with Crippen LogP contribution >= 0.6 is 34.7 Å². The second-order valence-corrected chi connectivity index (χ2v) is 9.21. The highest BCUT2D eigenvalue weighted by Crippen LogP contribution is 2.28. The van der Waals surface area contributed by atoms with Gasteiger partial charge < -0.3 is 0 Å². The van der Waals surface area contributed by atoms with Crippen molar-refractivity contribution in [3.63, 3.8) is 0 Å². The molecule has 6 nitrogen and oxygen atoms in total. The quantitative estimate of drug-likeness (QED) is 0.230. The monoisotopic (exact) mass is 467 g/mol. The van der Waals surface area contributed by atoms with Gasteiger partial charge in [-0.15, -0.1) is 21.5 Å². The highest BCUT2D eigenvalue weighted by Gasteiger charge is 2.17. The molecule has 0 aliphatic carbocycles. The lowest BCUT2D eigenvalue weighted by molar-refractivity contribution is -0.118. The lowest BCUT2D eigenvalue weighted by Gasteiger charge is -2.10. The van der Waals surface area contributed by atoms with Gasteiger partial charge in [0, 0.05) is 26.0 Å². The number of rotatable bonds is 7. The third kappa shape index (κ3) is 5.41. The Kier molecular flexibility index (Phi) is 6.81. The number of nitrogens with zero attached hydrogens (tertiary/aromatic N) is 4. The Morgan fingerprint density at radius 3 is 2.61 bits per heavy atom. The zero-order valence-corrected chi connectivity index (χ0v) is 18.9. The zero-order chi connectivity index (χ0) is 21.6. The second kappa shape index (κ2) is 9.91. The summed E-state index contributed by atoms with van der Waals surface area (Å²) >= 11 is 8.96. The highest BCUT2D eigenvalue weighted by molar-refractivity contribution is 7.99. The van der Waals surface area contributed by atoms with Gasteiger partial charge in [0.1, 0.15) is 0 Å². The van der Waals surface area contributed by atoms with Crippen LogP contribution in [0.4, 0.5) is 0 Å². The van der Waals surface area contributed by atoms with E-state index in [9.17, 15) is 4.79 Å². The third-order valence-electron chi connectivity index (χ3n) is 4.22. The van der Waals surface area contributed by atoms with Crippen LogP contribution in [0.2, 0.25) is 5.02 Å². The lowest BCUT2D eigenvalue weighted by atomic mass is 10.2.